The van der Waals surface area contributed by atoms with E-state index in [1.807, 2.05) is 0 Å². The van der Waals surface area contributed by atoms with E-state index in [0.717, 1.165) is 13.1 Å². The van der Waals surface area contributed by atoms with Crippen molar-refractivity contribution in [2.45, 2.75) is 25.6 Å². The van der Waals surface area contributed by atoms with Gasteiger partial charge in [-0.05, 0) is 25.0 Å². The Labute approximate surface area is 108 Å². The standard InChI is InChI=1S/C16H19NO/c1-11-3-5-13(6-4-11)17-9-14-12(2)15-7-8-16(14,10-17)18-15/h3-8,12,14-15H,9-10H2,1-2H3. The summed E-state index contributed by atoms with van der Waals surface area (Å²) in [4.78, 5) is 2.48. The number of ether oxygens (including phenoxy) is 1. The summed E-state index contributed by atoms with van der Waals surface area (Å²) in [5.41, 5.74) is 2.66. The van der Waals surface area contributed by atoms with Crippen molar-refractivity contribution < 1.29 is 4.74 Å². The zero-order valence-electron chi connectivity index (χ0n) is 11.0. The molecule has 2 heteroatoms. The van der Waals surface area contributed by atoms with E-state index >= 15 is 0 Å². The first-order valence-electron chi connectivity index (χ1n) is 6.87. The molecule has 0 saturated carbocycles. The lowest BCUT2D eigenvalue weighted by molar-refractivity contribution is 0.0330. The fourth-order valence-corrected chi connectivity index (χ4v) is 3.84. The van der Waals surface area contributed by atoms with Gasteiger partial charge in [0, 0.05) is 18.2 Å². The van der Waals surface area contributed by atoms with Gasteiger partial charge in [-0.2, -0.15) is 0 Å². The largest absolute Gasteiger partial charge is 0.368 e. The molecule has 1 aromatic rings. The van der Waals surface area contributed by atoms with E-state index in [1.54, 1.807) is 0 Å². The van der Waals surface area contributed by atoms with Crippen molar-refractivity contribution in [1.82, 2.24) is 0 Å². The van der Waals surface area contributed by atoms with Crippen LogP contribution in [0, 0.1) is 18.8 Å². The molecule has 0 amide bonds. The molecule has 2 nitrogen and oxygen atoms in total. The molecule has 4 atom stereocenters. The second-order valence-electron chi connectivity index (χ2n) is 6.08. The van der Waals surface area contributed by atoms with Crippen LogP contribution in [0.1, 0.15) is 12.5 Å². The minimum Gasteiger partial charge on any atom is -0.368 e. The van der Waals surface area contributed by atoms with Gasteiger partial charge in [-0.1, -0.05) is 36.8 Å². The molecule has 4 rings (SSSR count). The summed E-state index contributed by atoms with van der Waals surface area (Å²) in [7, 11) is 0. The van der Waals surface area contributed by atoms with Crippen LogP contribution in [0.25, 0.3) is 0 Å². The number of hydrogen-bond donors (Lipinski definition) is 0. The molecule has 3 heterocycles. The molecular weight excluding hydrogens is 222 g/mol. The maximum atomic E-state index is 6.22. The molecule has 1 spiro atoms. The van der Waals surface area contributed by atoms with Crippen molar-refractivity contribution in [2.24, 2.45) is 11.8 Å². The lowest BCUT2D eigenvalue weighted by Gasteiger charge is -2.23. The molecule has 2 bridgehead atoms. The molecule has 0 aromatic heterocycles. The fourth-order valence-electron chi connectivity index (χ4n) is 3.84. The smallest absolute Gasteiger partial charge is 0.109 e. The van der Waals surface area contributed by atoms with Gasteiger partial charge >= 0.3 is 0 Å². The van der Waals surface area contributed by atoms with Crippen LogP contribution in [0.2, 0.25) is 0 Å². The van der Waals surface area contributed by atoms with Gasteiger partial charge in [0.15, 0.2) is 0 Å². The van der Waals surface area contributed by atoms with Gasteiger partial charge in [0.1, 0.15) is 5.60 Å². The van der Waals surface area contributed by atoms with Gasteiger partial charge in [-0.25, -0.2) is 0 Å². The predicted octanol–water partition coefficient (Wildman–Crippen LogP) is 2.77. The number of hydrogen-bond acceptors (Lipinski definition) is 2. The molecule has 2 fully saturated rings. The number of aryl methyl sites for hydroxylation is 1. The maximum absolute atomic E-state index is 6.22. The number of anilines is 1. The summed E-state index contributed by atoms with van der Waals surface area (Å²) >= 11 is 0. The number of benzene rings is 1. The normalized spacial score (nSPS) is 40.6. The lowest BCUT2D eigenvalue weighted by Crippen LogP contribution is -2.34. The average Bonchev–Trinajstić information content (AvgIpc) is 3.01. The van der Waals surface area contributed by atoms with Gasteiger partial charge < -0.3 is 9.64 Å². The fraction of sp³-hybridized carbons (Fsp3) is 0.500. The number of fused-ring (bicyclic) bond motifs is 1. The summed E-state index contributed by atoms with van der Waals surface area (Å²) in [6, 6.07) is 8.85. The van der Waals surface area contributed by atoms with E-state index in [-0.39, 0.29) is 5.60 Å². The summed E-state index contributed by atoms with van der Waals surface area (Å²) in [5, 5.41) is 0. The highest BCUT2D eigenvalue weighted by molar-refractivity contribution is 5.51. The molecule has 0 N–H and O–H groups in total. The summed E-state index contributed by atoms with van der Waals surface area (Å²) < 4.78 is 6.22. The predicted molar refractivity (Wildman–Crippen MR) is 72.8 cm³/mol. The highest BCUT2D eigenvalue weighted by Gasteiger charge is 2.59. The third-order valence-electron chi connectivity index (χ3n) is 4.96. The van der Waals surface area contributed by atoms with Crippen molar-refractivity contribution in [1.29, 1.82) is 0 Å². The summed E-state index contributed by atoms with van der Waals surface area (Å²) in [5.74, 6) is 1.32. The van der Waals surface area contributed by atoms with Crippen molar-refractivity contribution >= 4 is 5.69 Å². The van der Waals surface area contributed by atoms with E-state index in [4.69, 9.17) is 4.74 Å². The molecule has 94 valence electrons. The Morgan fingerprint density at radius 1 is 1.28 bits per heavy atom. The van der Waals surface area contributed by atoms with E-state index in [9.17, 15) is 0 Å². The minimum absolute atomic E-state index is 0.00890. The zero-order chi connectivity index (χ0) is 12.3. The zero-order valence-corrected chi connectivity index (χ0v) is 11.0. The number of rotatable bonds is 1. The first-order valence-corrected chi connectivity index (χ1v) is 6.87. The van der Waals surface area contributed by atoms with E-state index in [1.165, 1.54) is 11.3 Å². The quantitative estimate of drug-likeness (QED) is 0.701. The van der Waals surface area contributed by atoms with Crippen LogP contribution < -0.4 is 4.90 Å². The lowest BCUT2D eigenvalue weighted by atomic mass is 9.79. The van der Waals surface area contributed by atoms with Crippen LogP contribution in [-0.2, 0) is 4.74 Å². The van der Waals surface area contributed by atoms with Gasteiger partial charge in [0.05, 0.1) is 12.6 Å². The van der Waals surface area contributed by atoms with Gasteiger partial charge in [0.25, 0.3) is 0 Å². The number of nitrogens with zero attached hydrogens (tertiary/aromatic N) is 1. The van der Waals surface area contributed by atoms with Crippen LogP contribution >= 0.6 is 0 Å². The highest BCUT2D eigenvalue weighted by Crippen LogP contribution is 2.51. The summed E-state index contributed by atoms with van der Waals surface area (Å²) in [6.45, 7) is 6.61. The molecular formula is C16H19NO. The third kappa shape index (κ3) is 1.27. The maximum Gasteiger partial charge on any atom is 0.109 e. The first kappa shape index (κ1) is 10.6. The Morgan fingerprint density at radius 2 is 2.06 bits per heavy atom. The molecule has 0 aliphatic carbocycles. The first-order chi connectivity index (χ1) is 8.68. The van der Waals surface area contributed by atoms with E-state index in [2.05, 4.69) is 55.2 Å². The van der Waals surface area contributed by atoms with E-state index < -0.39 is 0 Å². The second-order valence-corrected chi connectivity index (χ2v) is 6.08. The molecule has 18 heavy (non-hydrogen) atoms. The van der Waals surface area contributed by atoms with Gasteiger partial charge in [-0.15, -0.1) is 0 Å². The summed E-state index contributed by atoms with van der Waals surface area (Å²) in [6.07, 6.45) is 4.95. The third-order valence-corrected chi connectivity index (χ3v) is 4.96. The van der Waals surface area contributed by atoms with E-state index in [0.29, 0.717) is 17.9 Å². The Hall–Kier alpha value is -1.28. The van der Waals surface area contributed by atoms with Crippen LogP contribution in [0.5, 0.6) is 0 Å². The Bertz CT molecular complexity index is 506. The Morgan fingerprint density at radius 3 is 2.78 bits per heavy atom. The molecule has 3 aliphatic heterocycles. The topological polar surface area (TPSA) is 12.5 Å². The molecule has 4 unspecified atom stereocenters. The van der Waals surface area contributed by atoms with Crippen LogP contribution in [0.4, 0.5) is 5.69 Å². The Balaban J connectivity index is 1.64. The van der Waals surface area contributed by atoms with Crippen molar-refractivity contribution in [3.8, 4) is 0 Å². The van der Waals surface area contributed by atoms with Crippen molar-refractivity contribution in [3.63, 3.8) is 0 Å². The highest BCUT2D eigenvalue weighted by atomic mass is 16.5. The van der Waals surface area contributed by atoms with Crippen molar-refractivity contribution in [2.75, 3.05) is 18.0 Å². The van der Waals surface area contributed by atoms with Crippen LogP contribution in [0.15, 0.2) is 36.4 Å². The van der Waals surface area contributed by atoms with Crippen LogP contribution in [-0.4, -0.2) is 24.8 Å². The van der Waals surface area contributed by atoms with Crippen LogP contribution in [0.3, 0.4) is 0 Å². The minimum atomic E-state index is 0.00890. The second kappa shape index (κ2) is 3.39. The molecule has 3 aliphatic rings. The van der Waals surface area contributed by atoms with Gasteiger partial charge in [-0.3, -0.25) is 0 Å². The molecule has 2 saturated heterocycles. The Kier molecular flexibility index (Phi) is 2.00. The SMILES string of the molecule is Cc1ccc(N2CC3C(C)C4C=CC3(C2)O4)cc1. The molecule has 0 radical (unpaired) electrons. The van der Waals surface area contributed by atoms with Gasteiger partial charge in [0.2, 0.25) is 0 Å². The molecule has 1 aromatic carbocycles. The van der Waals surface area contributed by atoms with Crippen molar-refractivity contribution in [3.05, 3.63) is 42.0 Å². The monoisotopic (exact) mass is 241 g/mol. The average molecular weight is 241 g/mol.